The first-order valence-electron chi connectivity index (χ1n) is 4.30. The fraction of sp³-hybridized carbons (Fsp3) is 0.300. The summed E-state index contributed by atoms with van der Waals surface area (Å²) in [5.41, 5.74) is 6.53. The fourth-order valence-electron chi connectivity index (χ4n) is 1.24. The number of carboxylic acid groups (broad SMARTS) is 1. The summed E-state index contributed by atoms with van der Waals surface area (Å²) in [6.07, 6.45) is 0.456. The molecule has 0 aliphatic carbocycles. The van der Waals surface area contributed by atoms with Crippen LogP contribution < -0.4 is 5.73 Å². The quantitative estimate of drug-likeness (QED) is 0.800. The number of rotatable bonds is 4. The van der Waals surface area contributed by atoms with Gasteiger partial charge in [-0.1, -0.05) is 29.8 Å². The molecule has 1 aromatic carbocycles. The standard InChI is InChI=1S/C10H12ClNO2/c11-9-4-2-1-3-7(9)5-8(12)6-10(13)14/h1-4,8H,5-6,12H2,(H,13,14)/t8-/m0/s1. The molecule has 0 amide bonds. The van der Waals surface area contributed by atoms with Gasteiger partial charge in [0, 0.05) is 11.1 Å². The lowest BCUT2D eigenvalue weighted by Crippen LogP contribution is -2.26. The summed E-state index contributed by atoms with van der Waals surface area (Å²) in [7, 11) is 0. The number of aliphatic carboxylic acids is 1. The van der Waals surface area contributed by atoms with Crippen LogP contribution in [0.25, 0.3) is 0 Å². The maximum absolute atomic E-state index is 10.4. The topological polar surface area (TPSA) is 63.3 Å². The minimum absolute atomic E-state index is 0.0365. The van der Waals surface area contributed by atoms with E-state index in [-0.39, 0.29) is 12.5 Å². The van der Waals surface area contributed by atoms with Gasteiger partial charge in [0.1, 0.15) is 0 Å². The summed E-state index contributed by atoms with van der Waals surface area (Å²) in [5, 5.41) is 9.15. The predicted octanol–water partition coefficient (Wildman–Crippen LogP) is 1.68. The van der Waals surface area contributed by atoms with E-state index in [4.69, 9.17) is 22.4 Å². The van der Waals surface area contributed by atoms with Crippen LogP contribution in [0.1, 0.15) is 12.0 Å². The maximum atomic E-state index is 10.4. The van der Waals surface area contributed by atoms with Gasteiger partial charge in [0.15, 0.2) is 0 Å². The Hall–Kier alpha value is -1.06. The molecule has 0 aliphatic heterocycles. The van der Waals surface area contributed by atoms with E-state index in [1.165, 1.54) is 0 Å². The van der Waals surface area contributed by atoms with E-state index >= 15 is 0 Å². The van der Waals surface area contributed by atoms with Crippen LogP contribution in [0.4, 0.5) is 0 Å². The van der Waals surface area contributed by atoms with E-state index in [1.54, 1.807) is 6.07 Å². The molecule has 3 N–H and O–H groups in total. The minimum Gasteiger partial charge on any atom is -0.481 e. The molecule has 0 saturated heterocycles. The van der Waals surface area contributed by atoms with Crippen LogP contribution in [0, 0.1) is 0 Å². The highest BCUT2D eigenvalue weighted by atomic mass is 35.5. The molecular weight excluding hydrogens is 202 g/mol. The Kier molecular flexibility index (Phi) is 3.92. The van der Waals surface area contributed by atoms with Crippen LogP contribution in [-0.2, 0) is 11.2 Å². The second-order valence-corrected chi connectivity index (χ2v) is 3.56. The van der Waals surface area contributed by atoms with Crippen molar-refractivity contribution in [3.63, 3.8) is 0 Å². The first-order valence-corrected chi connectivity index (χ1v) is 4.68. The molecule has 0 bridgehead atoms. The number of hydrogen-bond acceptors (Lipinski definition) is 2. The highest BCUT2D eigenvalue weighted by Crippen LogP contribution is 2.16. The van der Waals surface area contributed by atoms with Crippen molar-refractivity contribution in [3.8, 4) is 0 Å². The summed E-state index contributed by atoms with van der Waals surface area (Å²) >= 11 is 5.90. The molecule has 14 heavy (non-hydrogen) atoms. The van der Waals surface area contributed by atoms with Crippen molar-refractivity contribution in [2.75, 3.05) is 0 Å². The Morgan fingerprint density at radius 3 is 2.71 bits per heavy atom. The van der Waals surface area contributed by atoms with Gasteiger partial charge in [0.05, 0.1) is 6.42 Å². The second kappa shape index (κ2) is 4.98. The number of benzene rings is 1. The van der Waals surface area contributed by atoms with E-state index in [9.17, 15) is 4.79 Å². The first kappa shape index (κ1) is 11.0. The Bertz CT molecular complexity index is 328. The van der Waals surface area contributed by atoms with Gasteiger partial charge in [-0.05, 0) is 18.1 Å². The molecule has 76 valence electrons. The zero-order chi connectivity index (χ0) is 10.6. The molecule has 0 aliphatic rings. The highest BCUT2D eigenvalue weighted by molar-refractivity contribution is 6.31. The number of carboxylic acids is 1. The lowest BCUT2D eigenvalue weighted by atomic mass is 10.0. The third kappa shape index (κ3) is 3.36. The number of halogens is 1. The summed E-state index contributed by atoms with van der Waals surface area (Å²) < 4.78 is 0. The van der Waals surface area contributed by atoms with Crippen molar-refractivity contribution in [2.24, 2.45) is 5.73 Å². The van der Waals surface area contributed by atoms with Crippen molar-refractivity contribution in [1.82, 2.24) is 0 Å². The first-order chi connectivity index (χ1) is 6.59. The molecule has 0 aromatic heterocycles. The van der Waals surface area contributed by atoms with Crippen molar-refractivity contribution < 1.29 is 9.90 Å². The van der Waals surface area contributed by atoms with Gasteiger partial charge < -0.3 is 10.8 Å². The average molecular weight is 214 g/mol. The fourth-order valence-corrected chi connectivity index (χ4v) is 1.46. The molecule has 1 aromatic rings. The zero-order valence-corrected chi connectivity index (χ0v) is 8.37. The number of nitrogens with two attached hydrogens (primary N) is 1. The lowest BCUT2D eigenvalue weighted by molar-refractivity contribution is -0.137. The second-order valence-electron chi connectivity index (χ2n) is 3.15. The summed E-state index contributed by atoms with van der Waals surface area (Å²) in [6, 6.07) is 6.92. The van der Waals surface area contributed by atoms with Gasteiger partial charge in [0.2, 0.25) is 0 Å². The van der Waals surface area contributed by atoms with Crippen LogP contribution in [0.3, 0.4) is 0 Å². The van der Waals surface area contributed by atoms with E-state index in [1.807, 2.05) is 18.2 Å². The normalized spacial score (nSPS) is 12.4. The van der Waals surface area contributed by atoms with Gasteiger partial charge in [-0.3, -0.25) is 4.79 Å². The maximum Gasteiger partial charge on any atom is 0.304 e. The Labute approximate surface area is 87.5 Å². The summed E-state index contributed by atoms with van der Waals surface area (Å²) in [6.45, 7) is 0. The van der Waals surface area contributed by atoms with E-state index in [2.05, 4.69) is 0 Å². The third-order valence-electron chi connectivity index (χ3n) is 1.88. The van der Waals surface area contributed by atoms with Crippen molar-refractivity contribution in [1.29, 1.82) is 0 Å². The Morgan fingerprint density at radius 1 is 1.50 bits per heavy atom. The third-order valence-corrected chi connectivity index (χ3v) is 2.25. The molecule has 0 spiro atoms. The molecule has 3 nitrogen and oxygen atoms in total. The summed E-state index contributed by atoms with van der Waals surface area (Å²) in [5.74, 6) is -0.885. The molecule has 0 unspecified atom stereocenters. The lowest BCUT2D eigenvalue weighted by Gasteiger charge is -2.09. The van der Waals surface area contributed by atoms with Crippen LogP contribution in [0.15, 0.2) is 24.3 Å². The SMILES string of the molecule is N[C@H](CC(=O)O)Cc1ccccc1Cl. The van der Waals surface area contributed by atoms with E-state index in [0.717, 1.165) is 5.56 Å². The van der Waals surface area contributed by atoms with Gasteiger partial charge in [-0.15, -0.1) is 0 Å². The van der Waals surface area contributed by atoms with Crippen LogP contribution in [0.2, 0.25) is 5.02 Å². The van der Waals surface area contributed by atoms with Gasteiger partial charge in [-0.2, -0.15) is 0 Å². The number of carbonyl (C=O) groups is 1. The molecular formula is C10H12ClNO2. The molecule has 1 rings (SSSR count). The van der Waals surface area contributed by atoms with Crippen LogP contribution in [-0.4, -0.2) is 17.1 Å². The molecule has 1 atom stereocenters. The predicted molar refractivity (Wildman–Crippen MR) is 55.4 cm³/mol. The van der Waals surface area contributed by atoms with Crippen molar-refractivity contribution >= 4 is 17.6 Å². The molecule has 0 radical (unpaired) electrons. The number of hydrogen-bond donors (Lipinski definition) is 2. The monoisotopic (exact) mass is 213 g/mol. The van der Waals surface area contributed by atoms with Gasteiger partial charge in [0.25, 0.3) is 0 Å². The van der Waals surface area contributed by atoms with Gasteiger partial charge >= 0.3 is 5.97 Å². The van der Waals surface area contributed by atoms with E-state index in [0.29, 0.717) is 11.4 Å². The van der Waals surface area contributed by atoms with E-state index < -0.39 is 5.97 Å². The Balaban J connectivity index is 2.60. The van der Waals surface area contributed by atoms with Gasteiger partial charge in [-0.25, -0.2) is 0 Å². The van der Waals surface area contributed by atoms with Crippen LogP contribution in [0.5, 0.6) is 0 Å². The van der Waals surface area contributed by atoms with Crippen molar-refractivity contribution in [2.45, 2.75) is 18.9 Å². The molecule has 0 saturated carbocycles. The largest absolute Gasteiger partial charge is 0.481 e. The van der Waals surface area contributed by atoms with Crippen molar-refractivity contribution in [3.05, 3.63) is 34.9 Å². The zero-order valence-electron chi connectivity index (χ0n) is 7.61. The highest BCUT2D eigenvalue weighted by Gasteiger charge is 2.10. The summed E-state index contributed by atoms with van der Waals surface area (Å²) in [4.78, 5) is 10.4. The minimum atomic E-state index is -0.885. The molecule has 0 heterocycles. The Morgan fingerprint density at radius 2 is 2.14 bits per heavy atom. The van der Waals surface area contributed by atoms with Crippen LogP contribution >= 0.6 is 11.6 Å². The smallest absolute Gasteiger partial charge is 0.304 e. The molecule has 4 heteroatoms. The average Bonchev–Trinajstić information content (AvgIpc) is 2.07. The molecule has 0 fully saturated rings.